The van der Waals surface area contributed by atoms with E-state index in [1.165, 1.54) is 41.5 Å². The van der Waals surface area contributed by atoms with Gasteiger partial charge in [-0.05, 0) is 113 Å². The lowest BCUT2D eigenvalue weighted by molar-refractivity contribution is -0.142. The minimum atomic E-state index is -1.23. The van der Waals surface area contributed by atoms with Crippen molar-refractivity contribution in [3.8, 4) is 0 Å². The summed E-state index contributed by atoms with van der Waals surface area (Å²) < 4.78 is 0. The van der Waals surface area contributed by atoms with Crippen LogP contribution >= 0.6 is 0 Å². The molecule has 58 heavy (non-hydrogen) atoms. The van der Waals surface area contributed by atoms with Crippen molar-refractivity contribution in [1.82, 2.24) is 42.5 Å². The number of nitrogens with two attached hydrogens (primary N) is 4. The van der Waals surface area contributed by atoms with Crippen molar-refractivity contribution in [3.63, 3.8) is 0 Å². The van der Waals surface area contributed by atoms with Gasteiger partial charge in [0.15, 0.2) is 0 Å². The molecule has 0 radical (unpaired) electrons. The van der Waals surface area contributed by atoms with E-state index < -0.39 is 108 Å². The fraction of sp³-hybridized carbons (Fsp3) is 0.750. The van der Waals surface area contributed by atoms with Gasteiger partial charge in [0.25, 0.3) is 0 Å². The van der Waals surface area contributed by atoms with Crippen LogP contribution in [0.3, 0.4) is 0 Å². The number of aliphatic carboxylic acids is 1. The van der Waals surface area contributed by atoms with Crippen LogP contribution in [0.4, 0.5) is 0 Å². The first-order valence-electron chi connectivity index (χ1n) is 19.7. The highest BCUT2D eigenvalue weighted by molar-refractivity contribution is 5.97. The van der Waals surface area contributed by atoms with Crippen molar-refractivity contribution < 1.29 is 48.3 Å². The highest BCUT2D eigenvalue weighted by Crippen LogP contribution is 2.05. The topological polar surface area (TPSA) is 374 Å². The standard InChI is InChI=1S/C36H68N12O10/c1-19(41-30(51)21(3)45-34(55)25(40)13-7-10-16-37)28(49)43-23(5)32(53)47-26(14-8-11-17-38)35(56)46-22(4)31(52)42-20(2)29(50)44-24(6)33(54)48-27(36(57)58)15-9-12-18-39/h19-27H,7-18,37-40H2,1-6H3,(H,41,51)(H,42,52)(H,43,49)(H,44,50)(H,45,55)(H,46,56)(H,47,53)(H,48,54)(H,57,58)/t19-,20-,21-,22-,23-,24-,25-,26-,27-/m0/s1. The summed E-state index contributed by atoms with van der Waals surface area (Å²) in [6.45, 7) is 9.37. The lowest BCUT2D eigenvalue weighted by Gasteiger charge is -2.25. The minimum absolute atomic E-state index is 0.130. The summed E-state index contributed by atoms with van der Waals surface area (Å²) in [5, 5.41) is 29.1. The van der Waals surface area contributed by atoms with Gasteiger partial charge < -0.3 is 70.6 Å². The number of carbonyl (C=O) groups excluding carboxylic acids is 8. The molecule has 0 saturated carbocycles. The van der Waals surface area contributed by atoms with Crippen LogP contribution in [0.5, 0.6) is 0 Å². The molecular formula is C36H68N12O10. The molecule has 22 heteroatoms. The van der Waals surface area contributed by atoms with Crippen LogP contribution in [0.1, 0.15) is 99.3 Å². The molecule has 0 aliphatic heterocycles. The molecule has 0 bridgehead atoms. The zero-order valence-electron chi connectivity index (χ0n) is 34.6. The van der Waals surface area contributed by atoms with Gasteiger partial charge in [-0.15, -0.1) is 0 Å². The van der Waals surface area contributed by atoms with E-state index >= 15 is 0 Å². The van der Waals surface area contributed by atoms with Gasteiger partial charge in [-0.1, -0.05) is 6.42 Å². The molecule has 0 fully saturated rings. The fourth-order valence-electron chi connectivity index (χ4n) is 5.13. The zero-order valence-corrected chi connectivity index (χ0v) is 34.6. The average molecular weight is 829 g/mol. The van der Waals surface area contributed by atoms with Gasteiger partial charge in [0.1, 0.15) is 48.3 Å². The Bertz CT molecular complexity index is 1390. The molecule has 0 saturated heterocycles. The molecule has 0 rings (SSSR count). The van der Waals surface area contributed by atoms with Crippen LogP contribution in [-0.4, -0.2) is 132 Å². The molecule has 0 spiro atoms. The van der Waals surface area contributed by atoms with E-state index in [-0.39, 0.29) is 12.8 Å². The molecule has 0 unspecified atom stereocenters. The fourth-order valence-corrected chi connectivity index (χ4v) is 5.13. The summed E-state index contributed by atoms with van der Waals surface area (Å²) in [4.78, 5) is 114. The maximum atomic E-state index is 13.3. The second-order valence-electron chi connectivity index (χ2n) is 14.3. The van der Waals surface area contributed by atoms with Crippen molar-refractivity contribution >= 4 is 53.2 Å². The van der Waals surface area contributed by atoms with E-state index in [0.29, 0.717) is 64.6 Å². The van der Waals surface area contributed by atoms with Crippen LogP contribution in [-0.2, 0) is 43.2 Å². The minimum Gasteiger partial charge on any atom is -0.480 e. The lowest BCUT2D eigenvalue weighted by atomic mass is 10.1. The summed E-state index contributed by atoms with van der Waals surface area (Å²) >= 11 is 0. The van der Waals surface area contributed by atoms with Crippen molar-refractivity contribution in [2.24, 2.45) is 22.9 Å². The quantitative estimate of drug-likeness (QED) is 0.0318. The third-order valence-electron chi connectivity index (χ3n) is 8.96. The van der Waals surface area contributed by atoms with Crippen LogP contribution in [0.15, 0.2) is 0 Å². The molecule has 0 aromatic rings. The highest BCUT2D eigenvalue weighted by Gasteiger charge is 2.30. The van der Waals surface area contributed by atoms with Gasteiger partial charge in [0, 0.05) is 0 Å². The number of hydrogen-bond acceptors (Lipinski definition) is 13. The summed E-state index contributed by atoms with van der Waals surface area (Å²) in [5.74, 6) is -6.88. The van der Waals surface area contributed by atoms with E-state index in [1.807, 2.05) is 0 Å². The maximum absolute atomic E-state index is 13.3. The summed E-state index contributed by atoms with van der Waals surface area (Å²) in [6, 6.07) is -9.96. The van der Waals surface area contributed by atoms with Crippen LogP contribution in [0.25, 0.3) is 0 Å². The third kappa shape index (κ3) is 21.0. The van der Waals surface area contributed by atoms with Gasteiger partial charge in [0.05, 0.1) is 6.04 Å². The summed E-state index contributed by atoms with van der Waals surface area (Å²) in [7, 11) is 0. The van der Waals surface area contributed by atoms with E-state index in [0.717, 1.165) is 0 Å². The number of nitrogens with one attached hydrogen (secondary N) is 8. The largest absolute Gasteiger partial charge is 0.480 e. The first-order valence-corrected chi connectivity index (χ1v) is 19.7. The Morgan fingerprint density at radius 1 is 0.379 bits per heavy atom. The molecule has 332 valence electrons. The smallest absolute Gasteiger partial charge is 0.326 e. The molecule has 0 aromatic heterocycles. The van der Waals surface area contributed by atoms with Crippen molar-refractivity contribution in [2.75, 3.05) is 19.6 Å². The van der Waals surface area contributed by atoms with Gasteiger partial charge in [-0.2, -0.15) is 0 Å². The lowest BCUT2D eigenvalue weighted by Crippen LogP contribution is -2.58. The maximum Gasteiger partial charge on any atom is 0.326 e. The molecule has 0 aliphatic carbocycles. The van der Waals surface area contributed by atoms with E-state index in [1.54, 1.807) is 0 Å². The number of carbonyl (C=O) groups is 9. The molecule has 9 atom stereocenters. The second kappa shape index (κ2) is 28.5. The molecule has 8 amide bonds. The molecule has 0 aliphatic rings. The first kappa shape index (κ1) is 53.1. The van der Waals surface area contributed by atoms with Crippen LogP contribution in [0.2, 0.25) is 0 Å². The number of unbranched alkanes of at least 4 members (excludes halogenated alkanes) is 3. The van der Waals surface area contributed by atoms with E-state index in [2.05, 4.69) is 42.5 Å². The van der Waals surface area contributed by atoms with Crippen LogP contribution in [0, 0.1) is 0 Å². The van der Waals surface area contributed by atoms with E-state index in [9.17, 15) is 48.3 Å². The Balaban J connectivity index is 5.24. The Morgan fingerprint density at radius 3 is 0.966 bits per heavy atom. The van der Waals surface area contributed by atoms with Crippen molar-refractivity contribution in [1.29, 1.82) is 0 Å². The number of carboxylic acids is 1. The number of rotatable bonds is 29. The summed E-state index contributed by atoms with van der Waals surface area (Å²) in [6.07, 6.45) is 4.02. The Morgan fingerprint density at radius 2 is 0.638 bits per heavy atom. The number of carboxylic acid groups (broad SMARTS) is 1. The van der Waals surface area contributed by atoms with Crippen molar-refractivity contribution in [2.45, 2.75) is 154 Å². The normalized spacial score (nSPS) is 15.6. The van der Waals surface area contributed by atoms with Gasteiger partial charge in [-0.25, -0.2) is 4.79 Å². The Kier molecular flexibility index (Phi) is 26.0. The summed E-state index contributed by atoms with van der Waals surface area (Å²) in [5.41, 5.74) is 22.4. The molecule has 17 N–H and O–H groups in total. The SMILES string of the molecule is C[C@H](NC(=O)[C@H](C)NC(=O)[C@H](CCCCN)NC(=O)[C@H](C)NC(=O)[C@H](C)NC(=O)[C@H](C)NC(=O)[C@@H](N)CCCCN)C(=O)N[C@@H](C)C(=O)N[C@@H](CCCCN)C(=O)O. The zero-order chi connectivity index (χ0) is 44.5. The molecule has 22 nitrogen and oxygen atoms in total. The van der Waals surface area contributed by atoms with Crippen molar-refractivity contribution in [3.05, 3.63) is 0 Å². The number of amides is 8. The molecular weight excluding hydrogens is 760 g/mol. The Hall–Kier alpha value is -4.93. The van der Waals surface area contributed by atoms with E-state index in [4.69, 9.17) is 22.9 Å². The monoisotopic (exact) mass is 829 g/mol. The number of hydrogen-bond donors (Lipinski definition) is 13. The average Bonchev–Trinajstić information content (AvgIpc) is 3.16. The highest BCUT2D eigenvalue weighted by atomic mass is 16.4. The van der Waals surface area contributed by atoms with Gasteiger partial charge in [-0.3, -0.25) is 38.4 Å². The third-order valence-corrected chi connectivity index (χ3v) is 8.96. The van der Waals surface area contributed by atoms with Gasteiger partial charge in [0.2, 0.25) is 47.3 Å². The van der Waals surface area contributed by atoms with Gasteiger partial charge >= 0.3 is 5.97 Å². The molecule has 0 heterocycles. The van der Waals surface area contributed by atoms with Crippen LogP contribution < -0.4 is 65.5 Å². The first-order chi connectivity index (χ1) is 27.2. The Labute approximate surface area is 340 Å². The second-order valence-corrected chi connectivity index (χ2v) is 14.3. The molecule has 0 aromatic carbocycles. The predicted molar refractivity (Wildman–Crippen MR) is 214 cm³/mol. The predicted octanol–water partition coefficient (Wildman–Crippen LogP) is -4.22.